The molecule has 1 saturated carbocycles. The summed E-state index contributed by atoms with van der Waals surface area (Å²) >= 11 is 0. The minimum atomic E-state index is -3.92. The standard InChI is InChI=1S/C13H22N2O5S/c1-2-13(8-16,9-17)15-21(18,19)12-6-5-11(20-12)7-14-10-3-4-10/h5-6,10,14-17H,2-4,7-9H2,1H3. The third kappa shape index (κ3) is 4.04. The van der Waals surface area contributed by atoms with E-state index >= 15 is 0 Å². The molecule has 1 aromatic heterocycles. The van der Waals surface area contributed by atoms with Crippen molar-refractivity contribution < 1.29 is 23.0 Å². The predicted molar refractivity (Wildman–Crippen MR) is 76.1 cm³/mol. The zero-order valence-corrected chi connectivity index (χ0v) is 12.8. The summed E-state index contributed by atoms with van der Waals surface area (Å²) in [5, 5.41) is 21.7. The molecule has 1 aliphatic carbocycles. The van der Waals surface area contributed by atoms with Crippen LogP contribution in [0, 0.1) is 0 Å². The minimum absolute atomic E-state index is 0.213. The van der Waals surface area contributed by atoms with Crippen LogP contribution in [0.3, 0.4) is 0 Å². The molecule has 2 rings (SSSR count). The molecule has 8 heteroatoms. The molecule has 0 amide bonds. The Morgan fingerprint density at radius 2 is 2.00 bits per heavy atom. The van der Waals surface area contributed by atoms with Crippen molar-refractivity contribution in [1.29, 1.82) is 0 Å². The normalized spacial score (nSPS) is 16.3. The highest BCUT2D eigenvalue weighted by Crippen LogP contribution is 2.21. The summed E-state index contributed by atoms with van der Waals surface area (Å²) in [6.45, 7) is 1.19. The molecule has 0 atom stereocenters. The molecule has 1 fully saturated rings. The molecule has 0 aromatic carbocycles. The van der Waals surface area contributed by atoms with Gasteiger partial charge < -0.3 is 19.9 Å². The first-order valence-electron chi connectivity index (χ1n) is 7.02. The maximum atomic E-state index is 12.2. The van der Waals surface area contributed by atoms with E-state index in [1.165, 1.54) is 6.07 Å². The number of sulfonamides is 1. The monoisotopic (exact) mass is 318 g/mol. The van der Waals surface area contributed by atoms with Crippen LogP contribution in [0.5, 0.6) is 0 Å². The van der Waals surface area contributed by atoms with Crippen molar-refractivity contribution in [2.45, 2.75) is 49.4 Å². The third-order valence-corrected chi connectivity index (χ3v) is 5.13. The Morgan fingerprint density at radius 1 is 1.33 bits per heavy atom. The molecule has 0 radical (unpaired) electrons. The lowest BCUT2D eigenvalue weighted by Gasteiger charge is -2.28. The quantitative estimate of drug-likeness (QED) is 0.508. The number of nitrogens with one attached hydrogen (secondary N) is 2. The summed E-state index contributed by atoms with van der Waals surface area (Å²) in [5.74, 6) is 0.539. The second kappa shape index (κ2) is 6.45. The van der Waals surface area contributed by atoms with Crippen LogP contribution in [-0.4, -0.2) is 43.4 Å². The lowest BCUT2D eigenvalue weighted by Crippen LogP contribution is -2.53. The van der Waals surface area contributed by atoms with Gasteiger partial charge in [-0.3, -0.25) is 0 Å². The summed E-state index contributed by atoms with van der Waals surface area (Å²) in [5.41, 5.74) is -1.28. The molecular weight excluding hydrogens is 296 g/mol. The Morgan fingerprint density at radius 3 is 2.52 bits per heavy atom. The molecule has 0 spiro atoms. The third-order valence-electron chi connectivity index (χ3n) is 3.68. The molecule has 1 aliphatic rings. The van der Waals surface area contributed by atoms with Crippen LogP contribution in [0.4, 0.5) is 0 Å². The van der Waals surface area contributed by atoms with E-state index in [0.29, 0.717) is 18.3 Å². The molecule has 0 saturated heterocycles. The van der Waals surface area contributed by atoms with E-state index in [-0.39, 0.29) is 11.5 Å². The molecule has 0 unspecified atom stereocenters. The number of rotatable bonds is 9. The molecule has 0 bridgehead atoms. The fraction of sp³-hybridized carbons (Fsp3) is 0.692. The van der Waals surface area contributed by atoms with Gasteiger partial charge in [0.2, 0.25) is 5.09 Å². The Kier molecular flexibility index (Phi) is 5.05. The maximum absolute atomic E-state index is 12.2. The Balaban J connectivity index is 2.07. The van der Waals surface area contributed by atoms with Gasteiger partial charge >= 0.3 is 0 Å². The van der Waals surface area contributed by atoms with Crippen molar-refractivity contribution in [2.75, 3.05) is 13.2 Å². The lowest BCUT2D eigenvalue weighted by molar-refractivity contribution is 0.105. The molecule has 1 heterocycles. The van der Waals surface area contributed by atoms with Gasteiger partial charge in [-0.05, 0) is 31.4 Å². The second-order valence-corrected chi connectivity index (χ2v) is 7.04. The van der Waals surface area contributed by atoms with Crippen molar-refractivity contribution >= 4 is 10.0 Å². The number of furan rings is 1. The highest BCUT2D eigenvalue weighted by molar-refractivity contribution is 7.89. The van der Waals surface area contributed by atoms with Gasteiger partial charge in [-0.15, -0.1) is 0 Å². The van der Waals surface area contributed by atoms with Crippen LogP contribution >= 0.6 is 0 Å². The summed E-state index contributed by atoms with van der Waals surface area (Å²) in [7, 11) is -3.92. The first-order chi connectivity index (χ1) is 9.94. The minimum Gasteiger partial charge on any atom is -0.447 e. The summed E-state index contributed by atoms with van der Waals surface area (Å²) in [6, 6.07) is 3.49. The SMILES string of the molecule is CCC(CO)(CO)NS(=O)(=O)c1ccc(CNC2CC2)o1. The van der Waals surface area contributed by atoms with Crippen molar-refractivity contribution in [3.05, 3.63) is 17.9 Å². The highest BCUT2D eigenvalue weighted by atomic mass is 32.2. The van der Waals surface area contributed by atoms with E-state index in [1.54, 1.807) is 13.0 Å². The zero-order valence-electron chi connectivity index (χ0n) is 12.0. The van der Waals surface area contributed by atoms with Crippen LogP contribution in [0.2, 0.25) is 0 Å². The first-order valence-corrected chi connectivity index (χ1v) is 8.51. The summed E-state index contributed by atoms with van der Waals surface area (Å²) < 4.78 is 32.1. The van der Waals surface area contributed by atoms with Crippen LogP contribution < -0.4 is 10.0 Å². The largest absolute Gasteiger partial charge is 0.447 e. The van der Waals surface area contributed by atoms with Gasteiger partial charge in [-0.25, -0.2) is 8.42 Å². The van der Waals surface area contributed by atoms with E-state index in [4.69, 9.17) is 4.42 Å². The fourth-order valence-corrected chi connectivity index (χ4v) is 3.28. The van der Waals surface area contributed by atoms with Crippen molar-refractivity contribution in [2.24, 2.45) is 0 Å². The van der Waals surface area contributed by atoms with Gasteiger partial charge in [0.05, 0.1) is 25.3 Å². The van der Waals surface area contributed by atoms with Gasteiger partial charge in [0.15, 0.2) is 0 Å². The average Bonchev–Trinajstić information content (AvgIpc) is 3.18. The molecule has 21 heavy (non-hydrogen) atoms. The van der Waals surface area contributed by atoms with Gasteiger partial charge in [0.1, 0.15) is 5.76 Å². The molecule has 0 aliphatic heterocycles. The van der Waals surface area contributed by atoms with Crippen molar-refractivity contribution in [3.8, 4) is 0 Å². The topological polar surface area (TPSA) is 112 Å². The molecule has 7 nitrogen and oxygen atoms in total. The van der Waals surface area contributed by atoms with Crippen molar-refractivity contribution in [1.82, 2.24) is 10.0 Å². The number of hydrogen-bond acceptors (Lipinski definition) is 6. The summed E-state index contributed by atoms with van der Waals surface area (Å²) in [4.78, 5) is 0. The van der Waals surface area contributed by atoms with Crippen molar-refractivity contribution in [3.63, 3.8) is 0 Å². The second-order valence-electron chi connectivity index (χ2n) is 5.43. The number of hydrogen-bond donors (Lipinski definition) is 4. The molecule has 1 aromatic rings. The predicted octanol–water partition coefficient (Wildman–Crippen LogP) is -0.0567. The van der Waals surface area contributed by atoms with Crippen LogP contribution in [0.1, 0.15) is 31.9 Å². The van der Waals surface area contributed by atoms with Gasteiger partial charge in [-0.2, -0.15) is 4.72 Å². The maximum Gasteiger partial charge on any atom is 0.274 e. The smallest absolute Gasteiger partial charge is 0.274 e. The fourth-order valence-electron chi connectivity index (χ4n) is 1.88. The summed E-state index contributed by atoms with van der Waals surface area (Å²) in [6.07, 6.45) is 2.54. The Bertz CT molecular complexity index is 553. The number of aliphatic hydroxyl groups is 2. The van der Waals surface area contributed by atoms with Crippen LogP contribution in [0.15, 0.2) is 21.6 Å². The van der Waals surface area contributed by atoms with E-state index < -0.39 is 28.8 Å². The van der Waals surface area contributed by atoms with Crippen LogP contribution in [-0.2, 0) is 16.6 Å². The van der Waals surface area contributed by atoms with Gasteiger partial charge in [0, 0.05) is 6.04 Å². The Labute approximate surface area is 124 Å². The van der Waals surface area contributed by atoms with E-state index in [0.717, 1.165) is 12.8 Å². The lowest BCUT2D eigenvalue weighted by atomic mass is 10.0. The average molecular weight is 318 g/mol. The zero-order chi connectivity index (χ0) is 15.5. The van der Waals surface area contributed by atoms with E-state index in [9.17, 15) is 18.6 Å². The first kappa shape index (κ1) is 16.4. The number of aliphatic hydroxyl groups excluding tert-OH is 2. The highest BCUT2D eigenvalue weighted by Gasteiger charge is 2.34. The van der Waals surface area contributed by atoms with Gasteiger partial charge in [-0.1, -0.05) is 6.92 Å². The molecule has 4 N–H and O–H groups in total. The molecule has 120 valence electrons. The molecular formula is C13H22N2O5S. The van der Waals surface area contributed by atoms with Gasteiger partial charge in [0.25, 0.3) is 10.0 Å². The Hall–Kier alpha value is -0.930. The van der Waals surface area contributed by atoms with E-state index in [1.807, 2.05) is 0 Å². The van der Waals surface area contributed by atoms with Crippen LogP contribution in [0.25, 0.3) is 0 Å². The van der Waals surface area contributed by atoms with E-state index in [2.05, 4.69) is 10.0 Å².